The summed E-state index contributed by atoms with van der Waals surface area (Å²) < 4.78 is 39.5. The molecule has 0 amide bonds. The van der Waals surface area contributed by atoms with Gasteiger partial charge in [0.1, 0.15) is 5.82 Å². The molecule has 0 spiro atoms. The number of sulfonamides is 1. The van der Waals surface area contributed by atoms with Crippen LogP contribution in [0.2, 0.25) is 0 Å². The highest BCUT2D eigenvalue weighted by Gasteiger charge is 2.17. The Hall–Kier alpha value is -0.940. The van der Waals surface area contributed by atoms with Crippen molar-refractivity contribution in [3.63, 3.8) is 0 Å². The second-order valence-corrected chi connectivity index (χ2v) is 6.66. The van der Waals surface area contributed by atoms with E-state index >= 15 is 0 Å². The number of hydrogen-bond acceptors (Lipinski definition) is 2. The minimum atomic E-state index is -3.62. The molecule has 0 radical (unpaired) electrons. The number of nitrogens with one attached hydrogen (secondary N) is 1. The van der Waals surface area contributed by atoms with E-state index in [-0.39, 0.29) is 10.9 Å². The van der Waals surface area contributed by atoms with Gasteiger partial charge in [0.15, 0.2) is 0 Å². The standard InChI is InChI=1S/C13H20FNO2S/c1-10(2)7-8-11(3)15-18(16,17)13-6-4-5-12(14)9-13/h4-6,9-11,15H,7-8H2,1-3H3. The third kappa shape index (κ3) is 4.74. The van der Waals surface area contributed by atoms with E-state index in [9.17, 15) is 12.8 Å². The van der Waals surface area contributed by atoms with E-state index in [1.165, 1.54) is 18.2 Å². The number of hydrogen-bond donors (Lipinski definition) is 1. The van der Waals surface area contributed by atoms with Gasteiger partial charge in [0, 0.05) is 6.04 Å². The van der Waals surface area contributed by atoms with Crippen molar-refractivity contribution in [2.45, 2.75) is 44.6 Å². The third-order valence-electron chi connectivity index (χ3n) is 2.64. The molecule has 1 rings (SSSR count). The average Bonchev–Trinajstić information content (AvgIpc) is 2.26. The van der Waals surface area contributed by atoms with Crippen LogP contribution in [0.15, 0.2) is 29.2 Å². The molecule has 1 N–H and O–H groups in total. The van der Waals surface area contributed by atoms with Crippen molar-refractivity contribution in [2.24, 2.45) is 5.92 Å². The predicted octanol–water partition coefficient (Wildman–Crippen LogP) is 2.93. The zero-order chi connectivity index (χ0) is 13.8. The molecule has 3 nitrogen and oxygen atoms in total. The molecule has 0 aliphatic heterocycles. The molecule has 0 aliphatic rings. The van der Waals surface area contributed by atoms with Gasteiger partial charge in [-0.25, -0.2) is 17.5 Å². The van der Waals surface area contributed by atoms with E-state index in [0.717, 1.165) is 18.9 Å². The van der Waals surface area contributed by atoms with Crippen LogP contribution in [-0.4, -0.2) is 14.5 Å². The molecule has 1 aromatic carbocycles. The summed E-state index contributed by atoms with van der Waals surface area (Å²) in [6, 6.07) is 4.88. The van der Waals surface area contributed by atoms with Crippen LogP contribution in [0, 0.1) is 11.7 Å². The zero-order valence-electron chi connectivity index (χ0n) is 11.0. The van der Waals surface area contributed by atoms with Crippen LogP contribution in [-0.2, 0) is 10.0 Å². The molecule has 0 aliphatic carbocycles. The van der Waals surface area contributed by atoms with Crippen LogP contribution in [0.1, 0.15) is 33.6 Å². The first-order chi connectivity index (χ1) is 8.31. The molecule has 0 saturated heterocycles. The van der Waals surface area contributed by atoms with E-state index in [2.05, 4.69) is 18.6 Å². The monoisotopic (exact) mass is 273 g/mol. The van der Waals surface area contributed by atoms with E-state index in [1.54, 1.807) is 0 Å². The maximum Gasteiger partial charge on any atom is 0.240 e. The fraction of sp³-hybridized carbons (Fsp3) is 0.538. The Labute approximate surface area is 108 Å². The number of rotatable bonds is 6. The van der Waals surface area contributed by atoms with Gasteiger partial charge in [-0.1, -0.05) is 19.9 Å². The molecule has 18 heavy (non-hydrogen) atoms. The van der Waals surface area contributed by atoms with Crippen LogP contribution in [0.25, 0.3) is 0 Å². The van der Waals surface area contributed by atoms with Crippen LogP contribution in [0.4, 0.5) is 4.39 Å². The number of benzene rings is 1. The Balaban J connectivity index is 2.70. The summed E-state index contributed by atoms with van der Waals surface area (Å²) >= 11 is 0. The van der Waals surface area contributed by atoms with Crippen molar-refractivity contribution >= 4 is 10.0 Å². The molecule has 5 heteroatoms. The fourth-order valence-electron chi connectivity index (χ4n) is 1.61. The molecule has 0 heterocycles. The first kappa shape index (κ1) is 15.1. The Kier molecular flexibility index (Phi) is 5.28. The van der Waals surface area contributed by atoms with Gasteiger partial charge < -0.3 is 0 Å². The molecule has 1 unspecified atom stereocenters. The summed E-state index contributed by atoms with van der Waals surface area (Å²) in [6.07, 6.45) is 1.72. The second kappa shape index (κ2) is 6.29. The van der Waals surface area contributed by atoms with Crippen LogP contribution in [0.5, 0.6) is 0 Å². The van der Waals surface area contributed by atoms with Crippen LogP contribution < -0.4 is 4.72 Å². The summed E-state index contributed by atoms with van der Waals surface area (Å²) in [7, 11) is -3.62. The smallest absolute Gasteiger partial charge is 0.208 e. The van der Waals surface area contributed by atoms with E-state index in [4.69, 9.17) is 0 Å². The molecule has 0 bridgehead atoms. The minimum absolute atomic E-state index is 0.0288. The maximum absolute atomic E-state index is 13.0. The molecule has 1 atom stereocenters. The lowest BCUT2D eigenvalue weighted by Gasteiger charge is -2.15. The first-order valence-electron chi connectivity index (χ1n) is 6.09. The summed E-state index contributed by atoms with van der Waals surface area (Å²) in [4.78, 5) is -0.0288. The van der Waals surface area contributed by atoms with Gasteiger partial charge in [0.05, 0.1) is 4.90 Å². The van der Waals surface area contributed by atoms with Crippen molar-refractivity contribution in [1.82, 2.24) is 4.72 Å². The second-order valence-electron chi connectivity index (χ2n) is 4.95. The highest BCUT2D eigenvalue weighted by atomic mass is 32.2. The predicted molar refractivity (Wildman–Crippen MR) is 70.3 cm³/mol. The molecule has 0 saturated carbocycles. The van der Waals surface area contributed by atoms with Gasteiger partial charge >= 0.3 is 0 Å². The van der Waals surface area contributed by atoms with Gasteiger partial charge in [-0.15, -0.1) is 0 Å². The Morgan fingerprint density at radius 1 is 1.22 bits per heavy atom. The first-order valence-corrected chi connectivity index (χ1v) is 7.57. The third-order valence-corrected chi connectivity index (χ3v) is 4.23. The van der Waals surface area contributed by atoms with Gasteiger partial charge in [0.2, 0.25) is 10.0 Å². The Morgan fingerprint density at radius 3 is 2.44 bits per heavy atom. The van der Waals surface area contributed by atoms with Crippen molar-refractivity contribution < 1.29 is 12.8 Å². The van der Waals surface area contributed by atoms with Crippen molar-refractivity contribution in [3.05, 3.63) is 30.1 Å². The zero-order valence-corrected chi connectivity index (χ0v) is 11.8. The highest BCUT2D eigenvalue weighted by Crippen LogP contribution is 2.13. The van der Waals surface area contributed by atoms with E-state index < -0.39 is 15.8 Å². The Morgan fingerprint density at radius 2 is 1.89 bits per heavy atom. The van der Waals surface area contributed by atoms with Gasteiger partial charge in [-0.3, -0.25) is 0 Å². The van der Waals surface area contributed by atoms with Crippen molar-refractivity contribution in [3.8, 4) is 0 Å². The maximum atomic E-state index is 13.0. The lowest BCUT2D eigenvalue weighted by atomic mass is 10.1. The average molecular weight is 273 g/mol. The molecule has 1 aromatic rings. The van der Waals surface area contributed by atoms with Crippen LogP contribution >= 0.6 is 0 Å². The lowest BCUT2D eigenvalue weighted by Crippen LogP contribution is -2.32. The van der Waals surface area contributed by atoms with Crippen molar-refractivity contribution in [1.29, 1.82) is 0 Å². The minimum Gasteiger partial charge on any atom is -0.208 e. The van der Waals surface area contributed by atoms with Crippen LogP contribution in [0.3, 0.4) is 0 Å². The lowest BCUT2D eigenvalue weighted by molar-refractivity contribution is 0.485. The molecule has 102 valence electrons. The molecular weight excluding hydrogens is 253 g/mol. The quantitative estimate of drug-likeness (QED) is 0.866. The topological polar surface area (TPSA) is 46.2 Å². The molecule has 0 aromatic heterocycles. The van der Waals surface area contributed by atoms with Gasteiger partial charge in [0.25, 0.3) is 0 Å². The largest absolute Gasteiger partial charge is 0.240 e. The fourth-order valence-corrected chi connectivity index (χ4v) is 2.92. The van der Waals surface area contributed by atoms with Gasteiger partial charge in [-0.2, -0.15) is 0 Å². The highest BCUT2D eigenvalue weighted by molar-refractivity contribution is 7.89. The Bertz CT molecular complexity index is 486. The SMILES string of the molecule is CC(C)CCC(C)NS(=O)(=O)c1cccc(F)c1. The summed E-state index contributed by atoms with van der Waals surface area (Å²) in [5, 5.41) is 0. The molecular formula is C13H20FNO2S. The van der Waals surface area contributed by atoms with E-state index in [1.807, 2.05) is 6.92 Å². The number of halogens is 1. The van der Waals surface area contributed by atoms with E-state index in [0.29, 0.717) is 5.92 Å². The normalized spacial score (nSPS) is 13.8. The van der Waals surface area contributed by atoms with Crippen molar-refractivity contribution in [2.75, 3.05) is 0 Å². The summed E-state index contributed by atoms with van der Waals surface area (Å²) in [5.74, 6) is -0.0150. The molecule has 0 fully saturated rings. The summed E-state index contributed by atoms with van der Waals surface area (Å²) in [6.45, 7) is 6.00. The van der Waals surface area contributed by atoms with Gasteiger partial charge in [-0.05, 0) is 43.9 Å². The summed E-state index contributed by atoms with van der Waals surface area (Å²) in [5.41, 5.74) is 0.